The molecule has 0 spiro atoms. The van der Waals surface area contributed by atoms with Gasteiger partial charge in [-0.15, -0.1) is 0 Å². The molecule has 0 unspecified atom stereocenters. The van der Waals surface area contributed by atoms with E-state index in [1.807, 2.05) is 0 Å². The highest BCUT2D eigenvalue weighted by atomic mass is 35.5. The molecular formula is C10H5ClFNO. The standard InChI is InChI=1S/C10H5ClFNO/c11-7-3-8-6(5-14)1-2-13-10(8)9(12)4-7/h1-5H. The number of halogens is 2. The molecule has 0 amide bonds. The van der Waals surface area contributed by atoms with Crippen LogP contribution in [0.5, 0.6) is 0 Å². The molecule has 70 valence electrons. The van der Waals surface area contributed by atoms with E-state index < -0.39 is 5.82 Å². The van der Waals surface area contributed by atoms with Gasteiger partial charge in [-0.2, -0.15) is 0 Å². The molecule has 0 fully saturated rings. The molecule has 0 saturated carbocycles. The first-order chi connectivity index (χ1) is 6.72. The smallest absolute Gasteiger partial charge is 0.150 e. The second-order valence-electron chi connectivity index (χ2n) is 2.80. The van der Waals surface area contributed by atoms with E-state index in [4.69, 9.17) is 11.6 Å². The fraction of sp³-hybridized carbons (Fsp3) is 0. The number of rotatable bonds is 1. The van der Waals surface area contributed by atoms with E-state index in [-0.39, 0.29) is 10.5 Å². The van der Waals surface area contributed by atoms with E-state index in [2.05, 4.69) is 4.98 Å². The molecule has 0 saturated heterocycles. The molecule has 2 nitrogen and oxygen atoms in total. The molecule has 0 bridgehead atoms. The van der Waals surface area contributed by atoms with Crippen LogP contribution in [0.1, 0.15) is 10.4 Å². The van der Waals surface area contributed by atoms with Crippen LogP contribution in [0, 0.1) is 5.82 Å². The lowest BCUT2D eigenvalue weighted by molar-refractivity contribution is 0.112. The summed E-state index contributed by atoms with van der Waals surface area (Å²) in [5.41, 5.74) is 0.551. The number of hydrogen-bond acceptors (Lipinski definition) is 2. The molecule has 0 aliphatic carbocycles. The number of aldehydes is 1. The normalized spacial score (nSPS) is 10.4. The van der Waals surface area contributed by atoms with Crippen LogP contribution < -0.4 is 0 Å². The highest BCUT2D eigenvalue weighted by Gasteiger charge is 2.07. The van der Waals surface area contributed by atoms with E-state index in [1.165, 1.54) is 24.4 Å². The van der Waals surface area contributed by atoms with Crippen molar-refractivity contribution in [3.63, 3.8) is 0 Å². The number of aromatic nitrogens is 1. The average Bonchev–Trinajstić information content (AvgIpc) is 2.17. The second-order valence-corrected chi connectivity index (χ2v) is 3.24. The first-order valence-corrected chi connectivity index (χ1v) is 4.29. The van der Waals surface area contributed by atoms with Crippen LogP contribution in [0.3, 0.4) is 0 Å². The molecule has 1 aromatic carbocycles. The summed E-state index contributed by atoms with van der Waals surface area (Å²) >= 11 is 5.67. The second kappa shape index (κ2) is 3.35. The zero-order valence-corrected chi connectivity index (χ0v) is 7.75. The van der Waals surface area contributed by atoms with Crippen molar-refractivity contribution in [2.75, 3.05) is 0 Å². The number of benzene rings is 1. The number of fused-ring (bicyclic) bond motifs is 1. The lowest BCUT2D eigenvalue weighted by Gasteiger charge is -2.01. The van der Waals surface area contributed by atoms with Crippen molar-refractivity contribution in [3.05, 3.63) is 40.8 Å². The molecule has 0 radical (unpaired) electrons. The van der Waals surface area contributed by atoms with Gasteiger partial charge in [0.15, 0.2) is 12.1 Å². The molecule has 4 heteroatoms. The number of nitrogens with zero attached hydrogens (tertiary/aromatic N) is 1. The monoisotopic (exact) mass is 209 g/mol. The van der Waals surface area contributed by atoms with E-state index in [9.17, 15) is 9.18 Å². The SMILES string of the molecule is O=Cc1ccnc2c(F)cc(Cl)cc12. The van der Waals surface area contributed by atoms with E-state index in [0.29, 0.717) is 17.2 Å². The number of pyridine rings is 1. The van der Waals surface area contributed by atoms with E-state index in [0.717, 1.165) is 0 Å². The lowest BCUT2D eigenvalue weighted by atomic mass is 10.1. The number of hydrogen-bond donors (Lipinski definition) is 0. The molecular weight excluding hydrogens is 205 g/mol. The lowest BCUT2D eigenvalue weighted by Crippen LogP contribution is -1.89. The first kappa shape index (κ1) is 9.09. The van der Waals surface area contributed by atoms with Gasteiger partial charge < -0.3 is 0 Å². The Balaban J connectivity index is 2.93. The summed E-state index contributed by atoms with van der Waals surface area (Å²) in [6.07, 6.45) is 2.04. The van der Waals surface area contributed by atoms with Crippen molar-refractivity contribution < 1.29 is 9.18 Å². The van der Waals surface area contributed by atoms with Gasteiger partial charge in [0.1, 0.15) is 5.52 Å². The van der Waals surface area contributed by atoms with Crippen molar-refractivity contribution >= 4 is 28.8 Å². The molecule has 14 heavy (non-hydrogen) atoms. The van der Waals surface area contributed by atoms with Gasteiger partial charge in [-0.25, -0.2) is 4.39 Å². The third-order valence-corrected chi connectivity index (χ3v) is 2.14. The Hall–Kier alpha value is -1.48. The van der Waals surface area contributed by atoms with Gasteiger partial charge in [0.2, 0.25) is 0 Å². The van der Waals surface area contributed by atoms with Crippen molar-refractivity contribution in [2.24, 2.45) is 0 Å². The predicted molar refractivity (Wildman–Crippen MR) is 52.1 cm³/mol. The summed E-state index contributed by atoms with van der Waals surface area (Å²) in [6, 6.07) is 4.22. The van der Waals surface area contributed by atoms with Gasteiger partial charge in [0, 0.05) is 22.2 Å². The van der Waals surface area contributed by atoms with Gasteiger partial charge in [-0.05, 0) is 18.2 Å². The third kappa shape index (κ3) is 1.36. The van der Waals surface area contributed by atoms with Crippen molar-refractivity contribution in [1.82, 2.24) is 4.98 Å². The summed E-state index contributed by atoms with van der Waals surface area (Å²) in [5.74, 6) is -0.517. The summed E-state index contributed by atoms with van der Waals surface area (Å²) in [5, 5.41) is 0.693. The van der Waals surface area contributed by atoms with Crippen LogP contribution in [0.2, 0.25) is 5.02 Å². The zero-order chi connectivity index (χ0) is 10.1. The highest BCUT2D eigenvalue weighted by molar-refractivity contribution is 6.31. The minimum absolute atomic E-state index is 0.166. The van der Waals surface area contributed by atoms with Crippen LogP contribution in [0.15, 0.2) is 24.4 Å². The Morgan fingerprint density at radius 1 is 1.43 bits per heavy atom. The fourth-order valence-corrected chi connectivity index (χ4v) is 1.51. The quantitative estimate of drug-likeness (QED) is 0.676. The van der Waals surface area contributed by atoms with Crippen LogP contribution in [0.4, 0.5) is 4.39 Å². The molecule has 1 heterocycles. The van der Waals surface area contributed by atoms with Crippen molar-refractivity contribution in [3.8, 4) is 0 Å². The van der Waals surface area contributed by atoms with Gasteiger partial charge in [0.25, 0.3) is 0 Å². The maximum Gasteiger partial charge on any atom is 0.150 e. The topological polar surface area (TPSA) is 30.0 Å². The van der Waals surface area contributed by atoms with Crippen LogP contribution >= 0.6 is 11.6 Å². The third-order valence-electron chi connectivity index (χ3n) is 1.92. The summed E-state index contributed by atoms with van der Waals surface area (Å²) in [4.78, 5) is 14.5. The van der Waals surface area contributed by atoms with Crippen LogP contribution in [0.25, 0.3) is 10.9 Å². The van der Waals surface area contributed by atoms with E-state index >= 15 is 0 Å². The Morgan fingerprint density at radius 3 is 2.93 bits per heavy atom. The van der Waals surface area contributed by atoms with Crippen LogP contribution in [-0.4, -0.2) is 11.3 Å². The first-order valence-electron chi connectivity index (χ1n) is 3.91. The molecule has 0 aliphatic rings. The maximum absolute atomic E-state index is 13.3. The minimum atomic E-state index is -0.517. The largest absolute Gasteiger partial charge is 0.298 e. The van der Waals surface area contributed by atoms with Gasteiger partial charge in [-0.3, -0.25) is 9.78 Å². The Bertz CT molecular complexity index is 513. The zero-order valence-electron chi connectivity index (χ0n) is 7.00. The molecule has 0 atom stereocenters. The van der Waals surface area contributed by atoms with Gasteiger partial charge in [0.05, 0.1) is 0 Å². The maximum atomic E-state index is 13.3. The summed E-state index contributed by atoms with van der Waals surface area (Å²) in [7, 11) is 0. The molecule has 2 rings (SSSR count). The predicted octanol–water partition coefficient (Wildman–Crippen LogP) is 2.84. The molecule has 1 aromatic heterocycles. The fourth-order valence-electron chi connectivity index (χ4n) is 1.30. The average molecular weight is 210 g/mol. The molecule has 0 aliphatic heterocycles. The van der Waals surface area contributed by atoms with Crippen molar-refractivity contribution in [2.45, 2.75) is 0 Å². The number of carbonyl (C=O) groups excluding carboxylic acids is 1. The van der Waals surface area contributed by atoms with E-state index in [1.54, 1.807) is 0 Å². The van der Waals surface area contributed by atoms with Gasteiger partial charge in [-0.1, -0.05) is 11.6 Å². The summed E-state index contributed by atoms with van der Waals surface area (Å²) in [6.45, 7) is 0. The minimum Gasteiger partial charge on any atom is -0.298 e. The molecule has 2 aromatic rings. The van der Waals surface area contributed by atoms with Crippen LogP contribution in [-0.2, 0) is 0 Å². The Kier molecular flexibility index (Phi) is 2.17. The van der Waals surface area contributed by atoms with Gasteiger partial charge >= 0.3 is 0 Å². The summed E-state index contributed by atoms with van der Waals surface area (Å²) < 4.78 is 13.3. The highest BCUT2D eigenvalue weighted by Crippen LogP contribution is 2.23. The Labute approximate surface area is 84.3 Å². The van der Waals surface area contributed by atoms with Crippen molar-refractivity contribution in [1.29, 1.82) is 0 Å². The molecule has 0 N–H and O–H groups in total. The number of carbonyl (C=O) groups is 1. The Morgan fingerprint density at radius 2 is 2.21 bits per heavy atom.